The van der Waals surface area contributed by atoms with Gasteiger partial charge >= 0.3 is 0 Å². The third-order valence-corrected chi connectivity index (χ3v) is 7.77. The summed E-state index contributed by atoms with van der Waals surface area (Å²) in [5.74, 6) is 0.994. The Labute approximate surface area is 184 Å². The molecule has 0 unspecified atom stereocenters. The summed E-state index contributed by atoms with van der Waals surface area (Å²) in [5.41, 5.74) is 5.26. The molecule has 0 N–H and O–H groups in total. The first-order valence-corrected chi connectivity index (χ1v) is 12.0. The zero-order chi connectivity index (χ0) is 22.1. The van der Waals surface area contributed by atoms with Crippen molar-refractivity contribution in [2.24, 2.45) is 0 Å². The Morgan fingerprint density at radius 2 is 1.13 bits per heavy atom. The van der Waals surface area contributed by atoms with E-state index in [0.717, 1.165) is 5.75 Å². The molecule has 3 aromatic rings. The average Bonchev–Trinajstić information content (AvgIpc) is 2.66. The lowest BCUT2D eigenvalue weighted by Gasteiger charge is -2.30. The van der Waals surface area contributed by atoms with Crippen molar-refractivity contribution in [1.29, 1.82) is 0 Å². The van der Waals surface area contributed by atoms with Crippen LogP contribution >= 0.6 is 8.15 Å². The van der Waals surface area contributed by atoms with Gasteiger partial charge < -0.3 is 4.52 Å². The van der Waals surface area contributed by atoms with Gasteiger partial charge in [-0.1, -0.05) is 102 Å². The van der Waals surface area contributed by atoms with Crippen LogP contribution in [0.2, 0.25) is 0 Å². The van der Waals surface area contributed by atoms with Crippen molar-refractivity contribution in [1.82, 2.24) is 0 Å². The Bertz CT molecular complexity index is 976. The molecule has 0 radical (unpaired) electrons. The van der Waals surface area contributed by atoms with E-state index in [1.165, 1.54) is 32.9 Å². The molecule has 0 saturated heterocycles. The van der Waals surface area contributed by atoms with Gasteiger partial charge in [-0.25, -0.2) is 0 Å². The molecule has 0 aliphatic carbocycles. The molecular formula is C28H35OP. The maximum Gasteiger partial charge on any atom is 0.151 e. The van der Waals surface area contributed by atoms with Crippen LogP contribution in [0.5, 0.6) is 5.75 Å². The summed E-state index contributed by atoms with van der Waals surface area (Å²) < 4.78 is 6.94. The fourth-order valence-corrected chi connectivity index (χ4v) is 5.62. The summed E-state index contributed by atoms with van der Waals surface area (Å²) in [5, 5.41) is 2.56. The Morgan fingerprint density at radius 3 is 1.57 bits per heavy atom. The van der Waals surface area contributed by atoms with Gasteiger partial charge in [-0.2, -0.15) is 0 Å². The quantitative estimate of drug-likeness (QED) is 0.403. The highest BCUT2D eigenvalue weighted by Crippen LogP contribution is 2.43. The van der Waals surface area contributed by atoms with Crippen molar-refractivity contribution >= 4 is 18.8 Å². The summed E-state index contributed by atoms with van der Waals surface area (Å²) in [6.45, 7) is 18.0. The van der Waals surface area contributed by atoms with Gasteiger partial charge in [0.1, 0.15) is 5.75 Å². The summed E-state index contributed by atoms with van der Waals surface area (Å²) in [6, 6.07) is 24.0. The second-order valence-corrected chi connectivity index (χ2v) is 11.9. The number of benzene rings is 3. The van der Waals surface area contributed by atoms with E-state index in [1.807, 2.05) is 0 Å². The molecule has 0 aliphatic rings. The largest absolute Gasteiger partial charge is 0.464 e. The summed E-state index contributed by atoms with van der Waals surface area (Å²) >= 11 is 0. The van der Waals surface area contributed by atoms with Crippen LogP contribution in [-0.4, -0.2) is 0 Å². The highest BCUT2D eigenvalue weighted by atomic mass is 31.1. The van der Waals surface area contributed by atoms with E-state index in [0.29, 0.717) is 0 Å². The molecule has 0 heterocycles. The standard InChI is InChI=1S/C28H35OP/c1-20-13-9-11-15-25(20)30(26-16-12-10-14-21(26)2)29-24-18-17-22(27(3,4)5)19-23(24)28(6,7)8/h9-19H,1-8H3. The smallest absolute Gasteiger partial charge is 0.151 e. The lowest BCUT2D eigenvalue weighted by molar-refractivity contribution is 0.531. The van der Waals surface area contributed by atoms with Crippen LogP contribution < -0.4 is 15.1 Å². The predicted octanol–water partition coefficient (Wildman–Crippen LogP) is 7.33. The highest BCUT2D eigenvalue weighted by molar-refractivity contribution is 7.69. The number of hydrogen-bond donors (Lipinski definition) is 0. The first kappa shape index (κ1) is 22.6. The molecular weight excluding hydrogens is 383 g/mol. The molecule has 0 bridgehead atoms. The minimum atomic E-state index is -0.970. The minimum absolute atomic E-state index is 0.00490. The van der Waals surface area contributed by atoms with Crippen molar-refractivity contribution in [3.63, 3.8) is 0 Å². The monoisotopic (exact) mass is 418 g/mol. The van der Waals surface area contributed by atoms with Gasteiger partial charge in [-0.3, -0.25) is 0 Å². The Hall–Kier alpha value is -2.11. The van der Waals surface area contributed by atoms with Crippen molar-refractivity contribution in [3.8, 4) is 5.75 Å². The Balaban J connectivity index is 2.16. The maximum absolute atomic E-state index is 6.94. The number of hydrogen-bond acceptors (Lipinski definition) is 1. The van der Waals surface area contributed by atoms with Crippen LogP contribution in [0, 0.1) is 13.8 Å². The van der Waals surface area contributed by atoms with E-state index in [9.17, 15) is 0 Å². The molecule has 1 nitrogen and oxygen atoms in total. The van der Waals surface area contributed by atoms with Crippen LogP contribution in [-0.2, 0) is 10.8 Å². The van der Waals surface area contributed by atoms with Crippen LogP contribution in [0.4, 0.5) is 0 Å². The van der Waals surface area contributed by atoms with E-state index in [4.69, 9.17) is 4.52 Å². The number of rotatable bonds is 4. The zero-order valence-corrected chi connectivity index (χ0v) is 20.6. The first-order chi connectivity index (χ1) is 14.0. The minimum Gasteiger partial charge on any atom is -0.464 e. The van der Waals surface area contributed by atoms with Gasteiger partial charge in [0, 0.05) is 16.2 Å². The summed E-state index contributed by atoms with van der Waals surface area (Å²) in [7, 11) is -0.970. The zero-order valence-electron chi connectivity index (χ0n) is 19.7. The van der Waals surface area contributed by atoms with Crippen LogP contribution in [0.15, 0.2) is 66.7 Å². The lowest BCUT2D eigenvalue weighted by Crippen LogP contribution is -2.22. The molecule has 0 atom stereocenters. The second-order valence-electron chi connectivity index (χ2n) is 10.2. The topological polar surface area (TPSA) is 9.23 Å². The third-order valence-electron chi connectivity index (χ3n) is 5.51. The maximum atomic E-state index is 6.94. The molecule has 0 aromatic heterocycles. The molecule has 0 fully saturated rings. The molecule has 30 heavy (non-hydrogen) atoms. The normalized spacial score (nSPS) is 12.3. The fraction of sp³-hybridized carbons (Fsp3) is 0.357. The Kier molecular flexibility index (Phi) is 6.44. The van der Waals surface area contributed by atoms with E-state index < -0.39 is 8.15 Å². The molecule has 0 amide bonds. The van der Waals surface area contributed by atoms with Gasteiger partial charge in [0.25, 0.3) is 0 Å². The highest BCUT2D eigenvalue weighted by Gasteiger charge is 2.27. The fourth-order valence-electron chi connectivity index (χ4n) is 3.57. The van der Waals surface area contributed by atoms with Crippen molar-refractivity contribution < 1.29 is 4.52 Å². The molecule has 158 valence electrons. The van der Waals surface area contributed by atoms with Crippen molar-refractivity contribution in [2.45, 2.75) is 66.2 Å². The molecule has 0 spiro atoms. The predicted molar refractivity (Wildman–Crippen MR) is 133 cm³/mol. The van der Waals surface area contributed by atoms with Gasteiger partial charge in [0.05, 0.1) is 0 Å². The van der Waals surface area contributed by atoms with Gasteiger partial charge in [0.15, 0.2) is 8.15 Å². The molecule has 2 heteroatoms. The first-order valence-electron chi connectivity index (χ1n) is 10.7. The molecule has 3 rings (SSSR count). The van der Waals surface area contributed by atoms with Gasteiger partial charge in [-0.15, -0.1) is 0 Å². The molecule has 0 aliphatic heterocycles. The summed E-state index contributed by atoms with van der Waals surface area (Å²) in [4.78, 5) is 0. The van der Waals surface area contributed by atoms with Crippen molar-refractivity contribution in [3.05, 3.63) is 89.0 Å². The summed E-state index contributed by atoms with van der Waals surface area (Å²) in [6.07, 6.45) is 0. The molecule has 0 saturated carbocycles. The number of aryl methyl sites for hydroxylation is 2. The average molecular weight is 419 g/mol. The van der Waals surface area contributed by atoms with E-state index in [2.05, 4.69) is 122 Å². The molecule has 3 aromatic carbocycles. The SMILES string of the molecule is Cc1ccccc1P(Oc1ccc(C(C)(C)C)cc1C(C)(C)C)c1ccccc1C. The second kappa shape index (κ2) is 8.56. The van der Waals surface area contributed by atoms with E-state index >= 15 is 0 Å². The van der Waals surface area contributed by atoms with E-state index in [-0.39, 0.29) is 10.8 Å². The van der Waals surface area contributed by atoms with Crippen LogP contribution in [0.1, 0.15) is 63.8 Å². The Morgan fingerprint density at radius 1 is 0.633 bits per heavy atom. The van der Waals surface area contributed by atoms with E-state index in [1.54, 1.807) is 0 Å². The van der Waals surface area contributed by atoms with Crippen molar-refractivity contribution in [2.75, 3.05) is 0 Å². The lowest BCUT2D eigenvalue weighted by atomic mass is 9.80. The van der Waals surface area contributed by atoms with Gasteiger partial charge in [-0.05, 0) is 47.4 Å². The van der Waals surface area contributed by atoms with Gasteiger partial charge in [0.2, 0.25) is 0 Å². The van der Waals surface area contributed by atoms with Crippen LogP contribution in [0.3, 0.4) is 0 Å². The third kappa shape index (κ3) is 4.96. The van der Waals surface area contributed by atoms with Crippen LogP contribution in [0.25, 0.3) is 0 Å².